The molecule has 0 bridgehead atoms. The van der Waals surface area contributed by atoms with Gasteiger partial charge in [-0.15, -0.1) is 5.10 Å². The molecule has 1 aromatic heterocycles. The molecular weight excluding hydrogens is 250 g/mol. The van der Waals surface area contributed by atoms with E-state index in [0.717, 1.165) is 4.68 Å². The molecule has 2 rings (SSSR count). The van der Waals surface area contributed by atoms with E-state index >= 15 is 0 Å². The van der Waals surface area contributed by atoms with Gasteiger partial charge in [-0.05, 0) is 19.1 Å². The topological polar surface area (TPSA) is 94.3 Å². The molecule has 1 unspecified atom stereocenters. The van der Waals surface area contributed by atoms with Crippen molar-refractivity contribution in [2.45, 2.75) is 19.6 Å². The summed E-state index contributed by atoms with van der Waals surface area (Å²) in [5.41, 5.74) is 0.101. The van der Waals surface area contributed by atoms with Crippen LogP contribution in [-0.4, -0.2) is 38.8 Å². The van der Waals surface area contributed by atoms with Gasteiger partial charge in [-0.3, -0.25) is 4.79 Å². The molecule has 1 aromatic carbocycles. The second-order valence-corrected chi connectivity index (χ2v) is 3.88. The average molecular weight is 263 g/mol. The standard InChI is InChI=1S/C12H13N3O4/c1-2-19-10(12(17)18)7-15-11(16)8-5-3-4-6-9(8)13-14-15/h3-6,10H,2,7H2,1H3,(H,17,18). The minimum Gasteiger partial charge on any atom is -0.479 e. The maximum atomic E-state index is 12.1. The van der Waals surface area contributed by atoms with Crippen molar-refractivity contribution < 1.29 is 14.6 Å². The van der Waals surface area contributed by atoms with Gasteiger partial charge in [0.05, 0.1) is 11.9 Å². The second-order valence-electron chi connectivity index (χ2n) is 3.88. The molecule has 100 valence electrons. The zero-order valence-corrected chi connectivity index (χ0v) is 10.3. The third-order valence-electron chi connectivity index (χ3n) is 2.61. The number of hydrogen-bond acceptors (Lipinski definition) is 5. The van der Waals surface area contributed by atoms with Crippen molar-refractivity contribution in [1.82, 2.24) is 15.0 Å². The molecule has 0 spiro atoms. The Balaban J connectivity index is 2.38. The Bertz CT molecular complexity index is 653. The molecular formula is C12H13N3O4. The lowest BCUT2D eigenvalue weighted by molar-refractivity contribution is -0.151. The van der Waals surface area contributed by atoms with E-state index in [1.165, 1.54) is 0 Å². The van der Waals surface area contributed by atoms with Crippen LogP contribution in [0.3, 0.4) is 0 Å². The van der Waals surface area contributed by atoms with Crippen LogP contribution in [-0.2, 0) is 16.1 Å². The summed E-state index contributed by atoms with van der Waals surface area (Å²) < 4.78 is 6.06. The Morgan fingerprint density at radius 3 is 2.89 bits per heavy atom. The molecule has 1 N–H and O–H groups in total. The fourth-order valence-corrected chi connectivity index (χ4v) is 1.70. The highest BCUT2D eigenvalue weighted by molar-refractivity contribution is 5.76. The Labute approximate surface area is 108 Å². The van der Waals surface area contributed by atoms with Crippen molar-refractivity contribution in [2.75, 3.05) is 6.61 Å². The predicted octanol–water partition coefficient (Wildman–Crippen LogP) is 0.281. The van der Waals surface area contributed by atoms with Crippen LogP contribution < -0.4 is 5.56 Å². The summed E-state index contributed by atoms with van der Waals surface area (Å²) in [4.78, 5) is 23.1. The Hall–Kier alpha value is -2.28. The summed E-state index contributed by atoms with van der Waals surface area (Å²) >= 11 is 0. The number of aliphatic carboxylic acids is 1. The van der Waals surface area contributed by atoms with Crippen molar-refractivity contribution in [3.63, 3.8) is 0 Å². The normalized spacial score (nSPS) is 12.5. The lowest BCUT2D eigenvalue weighted by Gasteiger charge is -2.12. The molecule has 0 aliphatic rings. The van der Waals surface area contributed by atoms with Crippen molar-refractivity contribution >= 4 is 16.9 Å². The van der Waals surface area contributed by atoms with Crippen LogP contribution in [0.5, 0.6) is 0 Å². The molecule has 1 heterocycles. The van der Waals surface area contributed by atoms with Gasteiger partial charge in [-0.25, -0.2) is 9.48 Å². The first-order chi connectivity index (χ1) is 9.13. The van der Waals surface area contributed by atoms with Crippen LogP contribution in [0.1, 0.15) is 6.92 Å². The zero-order chi connectivity index (χ0) is 13.8. The van der Waals surface area contributed by atoms with E-state index in [0.29, 0.717) is 10.9 Å². The van der Waals surface area contributed by atoms with Crippen molar-refractivity contribution in [3.8, 4) is 0 Å². The predicted molar refractivity (Wildman–Crippen MR) is 66.8 cm³/mol. The summed E-state index contributed by atoms with van der Waals surface area (Å²) in [7, 11) is 0. The smallest absolute Gasteiger partial charge is 0.334 e. The Morgan fingerprint density at radius 1 is 1.47 bits per heavy atom. The first-order valence-electron chi connectivity index (χ1n) is 5.80. The van der Waals surface area contributed by atoms with Gasteiger partial charge in [0.25, 0.3) is 5.56 Å². The Morgan fingerprint density at radius 2 is 2.21 bits per heavy atom. The number of nitrogens with zero attached hydrogens (tertiary/aromatic N) is 3. The minimum atomic E-state index is -1.14. The molecule has 7 nitrogen and oxygen atoms in total. The van der Waals surface area contributed by atoms with E-state index in [9.17, 15) is 9.59 Å². The number of rotatable bonds is 5. The number of carbonyl (C=O) groups is 1. The summed E-state index contributed by atoms with van der Waals surface area (Å²) in [6.45, 7) is 1.76. The molecule has 0 aliphatic heterocycles. The van der Waals surface area contributed by atoms with Crippen molar-refractivity contribution in [1.29, 1.82) is 0 Å². The molecule has 0 aliphatic carbocycles. The zero-order valence-electron chi connectivity index (χ0n) is 10.3. The van der Waals surface area contributed by atoms with Crippen LogP contribution >= 0.6 is 0 Å². The van der Waals surface area contributed by atoms with Gasteiger partial charge in [-0.1, -0.05) is 17.3 Å². The van der Waals surface area contributed by atoms with Gasteiger partial charge in [0.15, 0.2) is 6.10 Å². The van der Waals surface area contributed by atoms with Crippen molar-refractivity contribution in [3.05, 3.63) is 34.6 Å². The highest BCUT2D eigenvalue weighted by Crippen LogP contribution is 2.04. The van der Waals surface area contributed by atoms with Gasteiger partial charge in [0, 0.05) is 6.61 Å². The highest BCUT2D eigenvalue weighted by Gasteiger charge is 2.20. The van der Waals surface area contributed by atoms with E-state index < -0.39 is 12.1 Å². The second kappa shape index (κ2) is 5.57. The number of aromatic nitrogens is 3. The molecule has 0 saturated carbocycles. The lowest BCUT2D eigenvalue weighted by Crippen LogP contribution is -2.35. The molecule has 2 aromatic rings. The van der Waals surface area contributed by atoms with Gasteiger partial charge in [0.2, 0.25) is 0 Å². The number of carboxylic acid groups (broad SMARTS) is 1. The molecule has 0 fully saturated rings. The third kappa shape index (κ3) is 2.76. The van der Waals surface area contributed by atoms with E-state index in [4.69, 9.17) is 9.84 Å². The van der Waals surface area contributed by atoms with Crippen molar-refractivity contribution in [2.24, 2.45) is 0 Å². The van der Waals surface area contributed by atoms with Crippen LogP contribution in [0.25, 0.3) is 10.9 Å². The SMILES string of the molecule is CCOC(Cn1nnc2ccccc2c1=O)C(=O)O. The molecule has 0 amide bonds. The maximum absolute atomic E-state index is 12.1. The Kier molecular flexibility index (Phi) is 3.86. The lowest BCUT2D eigenvalue weighted by atomic mass is 10.2. The van der Waals surface area contributed by atoms with Crippen LogP contribution in [0.15, 0.2) is 29.1 Å². The summed E-state index contributed by atoms with van der Waals surface area (Å²) in [6, 6.07) is 6.76. The van der Waals surface area contributed by atoms with Gasteiger partial charge in [0.1, 0.15) is 5.52 Å². The van der Waals surface area contributed by atoms with E-state index in [1.54, 1.807) is 31.2 Å². The number of hydrogen-bond donors (Lipinski definition) is 1. The van der Waals surface area contributed by atoms with Crippen LogP contribution in [0.2, 0.25) is 0 Å². The quantitative estimate of drug-likeness (QED) is 0.832. The minimum absolute atomic E-state index is 0.167. The first kappa shape index (κ1) is 13.2. The highest BCUT2D eigenvalue weighted by atomic mass is 16.5. The summed E-state index contributed by atoms with van der Waals surface area (Å²) in [6.07, 6.45) is -1.11. The fraction of sp³-hybridized carbons (Fsp3) is 0.333. The largest absolute Gasteiger partial charge is 0.479 e. The molecule has 0 radical (unpaired) electrons. The van der Waals surface area contributed by atoms with Crippen LogP contribution in [0.4, 0.5) is 0 Å². The van der Waals surface area contributed by atoms with E-state index in [2.05, 4.69) is 10.3 Å². The number of ether oxygens (including phenoxy) is 1. The number of fused-ring (bicyclic) bond motifs is 1. The van der Waals surface area contributed by atoms with Gasteiger partial charge < -0.3 is 9.84 Å². The van der Waals surface area contributed by atoms with Gasteiger partial charge >= 0.3 is 5.97 Å². The number of carboxylic acids is 1. The summed E-state index contributed by atoms with van der Waals surface area (Å²) in [5, 5.41) is 17.0. The first-order valence-corrected chi connectivity index (χ1v) is 5.80. The molecule has 19 heavy (non-hydrogen) atoms. The van der Waals surface area contributed by atoms with E-state index in [-0.39, 0.29) is 18.7 Å². The van der Waals surface area contributed by atoms with E-state index in [1.807, 2.05) is 0 Å². The summed E-state index contributed by atoms with van der Waals surface area (Å²) in [5.74, 6) is -1.14. The monoisotopic (exact) mass is 263 g/mol. The molecule has 7 heteroatoms. The fourth-order valence-electron chi connectivity index (χ4n) is 1.70. The molecule has 1 atom stereocenters. The van der Waals surface area contributed by atoms with Crippen LogP contribution in [0, 0.1) is 0 Å². The maximum Gasteiger partial charge on any atom is 0.334 e. The van der Waals surface area contributed by atoms with Gasteiger partial charge in [-0.2, -0.15) is 0 Å². The average Bonchev–Trinajstić information content (AvgIpc) is 2.41. The molecule has 0 saturated heterocycles. The third-order valence-corrected chi connectivity index (χ3v) is 2.61. The number of benzene rings is 1.